The Balaban J connectivity index is 2.73. The zero-order valence-electron chi connectivity index (χ0n) is 13.2. The maximum absolute atomic E-state index is 12.3. The Hall–Kier alpha value is -1.30. The van der Waals surface area contributed by atoms with Gasteiger partial charge in [0.2, 0.25) is 5.91 Å². The smallest absolute Gasteiger partial charge is 0.410 e. The number of rotatable bonds is 3. The third-order valence-corrected chi connectivity index (χ3v) is 3.24. The molecule has 1 rings (SSSR count). The third-order valence-electron chi connectivity index (χ3n) is 3.24. The zero-order chi connectivity index (χ0) is 15.5. The van der Waals surface area contributed by atoms with Crippen LogP contribution in [0.2, 0.25) is 0 Å². The fourth-order valence-electron chi connectivity index (χ4n) is 2.42. The quantitative estimate of drug-likeness (QED) is 0.845. The Morgan fingerprint density at radius 2 is 2.00 bits per heavy atom. The van der Waals surface area contributed by atoms with E-state index in [1.165, 1.54) is 0 Å². The Bertz CT molecular complexity index is 363. The topological polar surface area (TPSA) is 75.9 Å². The highest BCUT2D eigenvalue weighted by Crippen LogP contribution is 2.21. The number of hydrogen-bond donors (Lipinski definition) is 1. The van der Waals surface area contributed by atoms with Crippen LogP contribution in [-0.4, -0.2) is 59.1 Å². The van der Waals surface area contributed by atoms with E-state index in [0.717, 1.165) is 6.42 Å². The molecule has 6 nitrogen and oxygen atoms in total. The van der Waals surface area contributed by atoms with Crippen LogP contribution in [0.5, 0.6) is 0 Å². The molecule has 0 saturated carbocycles. The molecule has 20 heavy (non-hydrogen) atoms. The summed E-state index contributed by atoms with van der Waals surface area (Å²) < 4.78 is 5.45. The first-order chi connectivity index (χ1) is 9.15. The molecule has 1 fully saturated rings. The van der Waals surface area contributed by atoms with E-state index < -0.39 is 5.60 Å². The van der Waals surface area contributed by atoms with E-state index >= 15 is 0 Å². The highest BCUT2D eigenvalue weighted by atomic mass is 16.6. The lowest BCUT2D eigenvalue weighted by molar-refractivity contribution is -0.128. The van der Waals surface area contributed by atoms with E-state index in [0.29, 0.717) is 13.1 Å². The minimum atomic E-state index is -0.518. The Morgan fingerprint density at radius 1 is 1.40 bits per heavy atom. The lowest BCUT2D eigenvalue weighted by Crippen LogP contribution is -2.48. The highest BCUT2D eigenvalue weighted by molar-refractivity contribution is 5.78. The fourth-order valence-corrected chi connectivity index (χ4v) is 2.42. The normalized spacial score (nSPS) is 19.4. The molecule has 1 unspecified atom stereocenters. The van der Waals surface area contributed by atoms with Crippen LogP contribution in [-0.2, 0) is 9.53 Å². The molecule has 0 spiro atoms. The van der Waals surface area contributed by atoms with Crippen molar-refractivity contribution in [3.05, 3.63) is 0 Å². The van der Waals surface area contributed by atoms with Crippen LogP contribution in [0.4, 0.5) is 4.79 Å². The third kappa shape index (κ3) is 4.37. The Labute approximate surface area is 121 Å². The zero-order valence-corrected chi connectivity index (χ0v) is 13.2. The van der Waals surface area contributed by atoms with Crippen LogP contribution in [0.1, 0.15) is 41.0 Å². The summed E-state index contributed by atoms with van der Waals surface area (Å²) in [6, 6.07) is 0.0307. The van der Waals surface area contributed by atoms with E-state index in [2.05, 4.69) is 0 Å². The van der Waals surface area contributed by atoms with Gasteiger partial charge in [-0.15, -0.1) is 0 Å². The van der Waals surface area contributed by atoms with Gasteiger partial charge in [-0.25, -0.2) is 4.79 Å². The SMILES string of the molecule is CC(C)N(C(=O)OC(C)(C)C)C1CCN(C(=O)CN)C1. The summed E-state index contributed by atoms with van der Waals surface area (Å²) in [5, 5.41) is 0. The van der Waals surface area contributed by atoms with Crippen LogP contribution in [0, 0.1) is 0 Å². The van der Waals surface area contributed by atoms with Gasteiger partial charge in [-0.2, -0.15) is 0 Å². The van der Waals surface area contributed by atoms with Crippen molar-refractivity contribution in [2.45, 2.75) is 58.7 Å². The van der Waals surface area contributed by atoms with Crippen molar-refractivity contribution in [2.75, 3.05) is 19.6 Å². The van der Waals surface area contributed by atoms with Gasteiger partial charge < -0.3 is 20.3 Å². The van der Waals surface area contributed by atoms with Crippen LogP contribution < -0.4 is 5.73 Å². The van der Waals surface area contributed by atoms with E-state index in [1.807, 2.05) is 34.6 Å². The van der Waals surface area contributed by atoms with Crippen LogP contribution in [0.3, 0.4) is 0 Å². The van der Waals surface area contributed by atoms with E-state index in [1.54, 1.807) is 9.80 Å². The molecule has 1 aliphatic rings. The molecule has 0 aliphatic carbocycles. The van der Waals surface area contributed by atoms with Crippen molar-refractivity contribution in [3.63, 3.8) is 0 Å². The van der Waals surface area contributed by atoms with Crippen molar-refractivity contribution in [1.82, 2.24) is 9.80 Å². The number of nitrogens with zero attached hydrogens (tertiary/aromatic N) is 2. The molecule has 2 amide bonds. The molecule has 0 radical (unpaired) electrons. The Morgan fingerprint density at radius 3 is 2.45 bits per heavy atom. The number of likely N-dealkylation sites (tertiary alicyclic amines) is 1. The lowest BCUT2D eigenvalue weighted by atomic mass is 10.1. The molecule has 0 aromatic rings. The van der Waals surface area contributed by atoms with Crippen LogP contribution in [0.15, 0.2) is 0 Å². The predicted molar refractivity (Wildman–Crippen MR) is 77.2 cm³/mol. The number of carbonyl (C=O) groups excluding carboxylic acids is 2. The second-order valence-electron chi connectivity index (χ2n) is 6.47. The summed E-state index contributed by atoms with van der Waals surface area (Å²) in [5.41, 5.74) is 4.86. The molecular formula is C14H27N3O3. The van der Waals surface area contributed by atoms with Gasteiger partial charge in [-0.1, -0.05) is 0 Å². The first kappa shape index (κ1) is 16.8. The molecular weight excluding hydrogens is 258 g/mol. The minimum absolute atomic E-state index is 0.000324. The van der Waals surface area contributed by atoms with Gasteiger partial charge in [0.1, 0.15) is 5.60 Å². The summed E-state index contributed by atoms with van der Waals surface area (Å²) in [5.74, 6) is -0.0691. The predicted octanol–water partition coefficient (Wildman–Crippen LogP) is 1.19. The first-order valence-corrected chi connectivity index (χ1v) is 7.15. The average Bonchev–Trinajstić information content (AvgIpc) is 2.74. The lowest BCUT2D eigenvalue weighted by Gasteiger charge is -2.34. The van der Waals surface area contributed by atoms with Crippen molar-refractivity contribution >= 4 is 12.0 Å². The average molecular weight is 285 g/mol. The number of carbonyl (C=O) groups is 2. The summed E-state index contributed by atoms with van der Waals surface area (Å²) in [4.78, 5) is 27.4. The van der Waals surface area contributed by atoms with Crippen molar-refractivity contribution in [1.29, 1.82) is 0 Å². The largest absolute Gasteiger partial charge is 0.444 e. The monoisotopic (exact) mass is 285 g/mol. The number of nitrogens with two attached hydrogens (primary N) is 1. The van der Waals surface area contributed by atoms with Gasteiger partial charge in [-0.05, 0) is 41.0 Å². The van der Waals surface area contributed by atoms with Gasteiger partial charge in [0.25, 0.3) is 0 Å². The Kier molecular flexibility index (Phi) is 5.39. The summed E-state index contributed by atoms with van der Waals surface area (Å²) in [6.45, 7) is 10.7. The van der Waals surface area contributed by atoms with Gasteiger partial charge in [0.15, 0.2) is 0 Å². The highest BCUT2D eigenvalue weighted by Gasteiger charge is 2.35. The first-order valence-electron chi connectivity index (χ1n) is 7.15. The fraction of sp³-hybridized carbons (Fsp3) is 0.857. The van der Waals surface area contributed by atoms with Gasteiger partial charge in [0.05, 0.1) is 12.6 Å². The molecule has 1 aliphatic heterocycles. The number of hydrogen-bond acceptors (Lipinski definition) is 4. The molecule has 116 valence electrons. The molecule has 2 N–H and O–H groups in total. The molecule has 0 aromatic carbocycles. The number of amides is 2. The van der Waals surface area contributed by atoms with E-state index in [9.17, 15) is 9.59 Å². The van der Waals surface area contributed by atoms with E-state index in [-0.39, 0.29) is 30.6 Å². The summed E-state index contributed by atoms with van der Waals surface area (Å²) >= 11 is 0. The summed E-state index contributed by atoms with van der Waals surface area (Å²) in [6.07, 6.45) is 0.447. The second kappa shape index (κ2) is 6.43. The molecule has 0 bridgehead atoms. The maximum atomic E-state index is 12.3. The number of ether oxygens (including phenoxy) is 1. The minimum Gasteiger partial charge on any atom is -0.444 e. The van der Waals surface area contributed by atoms with Crippen molar-refractivity contribution < 1.29 is 14.3 Å². The molecule has 1 atom stereocenters. The van der Waals surface area contributed by atoms with Crippen LogP contribution in [0.25, 0.3) is 0 Å². The van der Waals surface area contributed by atoms with Gasteiger partial charge >= 0.3 is 6.09 Å². The molecule has 6 heteroatoms. The second-order valence-corrected chi connectivity index (χ2v) is 6.47. The maximum Gasteiger partial charge on any atom is 0.410 e. The molecule has 1 heterocycles. The van der Waals surface area contributed by atoms with Crippen LogP contribution >= 0.6 is 0 Å². The van der Waals surface area contributed by atoms with Gasteiger partial charge in [-0.3, -0.25) is 4.79 Å². The van der Waals surface area contributed by atoms with Crippen molar-refractivity contribution in [2.24, 2.45) is 5.73 Å². The van der Waals surface area contributed by atoms with E-state index in [4.69, 9.17) is 10.5 Å². The molecule has 0 aromatic heterocycles. The molecule has 1 saturated heterocycles. The standard InChI is InChI=1S/C14H27N3O3/c1-10(2)17(13(19)20-14(3,4)5)11-6-7-16(9-11)12(18)8-15/h10-11H,6-9,15H2,1-5H3. The summed E-state index contributed by atoms with van der Waals surface area (Å²) in [7, 11) is 0. The van der Waals surface area contributed by atoms with Crippen molar-refractivity contribution in [3.8, 4) is 0 Å². The van der Waals surface area contributed by atoms with Gasteiger partial charge in [0, 0.05) is 19.1 Å².